The van der Waals surface area contributed by atoms with Gasteiger partial charge in [0.1, 0.15) is 0 Å². The monoisotopic (exact) mass is 626 g/mol. The van der Waals surface area contributed by atoms with Crippen LogP contribution in [0.3, 0.4) is 0 Å². The van der Waals surface area contributed by atoms with E-state index in [1.807, 2.05) is 0 Å². The molecule has 0 aliphatic heterocycles. The van der Waals surface area contributed by atoms with Crippen molar-refractivity contribution in [2.75, 3.05) is 0 Å². The fourth-order valence-electron chi connectivity index (χ4n) is 6.19. The Labute approximate surface area is 245 Å². The molecular weight excluding hydrogens is 604 g/mol. The predicted molar refractivity (Wildman–Crippen MR) is 172 cm³/mol. The Morgan fingerprint density at radius 3 is 1.72 bits per heavy atom. The third kappa shape index (κ3) is 3.93. The van der Waals surface area contributed by atoms with Gasteiger partial charge in [-0.3, -0.25) is 0 Å². The summed E-state index contributed by atoms with van der Waals surface area (Å²) in [5.74, 6) is 0. The van der Waals surface area contributed by atoms with E-state index in [-0.39, 0.29) is 0 Å². The maximum atomic E-state index is 3.95. The lowest BCUT2D eigenvalue weighted by molar-refractivity contribution is 0.768. The minimum Gasteiger partial charge on any atom is -0.0622 e. The molecule has 0 fully saturated rings. The maximum Gasteiger partial charge on any atom is 0.0714 e. The number of benzene rings is 6. The topological polar surface area (TPSA) is 0 Å². The van der Waals surface area contributed by atoms with E-state index in [1.54, 1.807) is 0 Å². The molecule has 6 aromatic rings. The van der Waals surface area contributed by atoms with Gasteiger partial charge in [-0.2, -0.15) is 0 Å². The van der Waals surface area contributed by atoms with Gasteiger partial charge in [-0.05, 0) is 79.5 Å². The van der Waals surface area contributed by atoms with Crippen LogP contribution in [-0.2, 0) is 5.41 Å². The molecule has 0 unspecified atom stereocenters. The van der Waals surface area contributed by atoms with E-state index in [1.165, 1.54) is 55.3 Å². The Bertz CT molecular complexity index is 1810. The summed E-state index contributed by atoms with van der Waals surface area (Å²) in [6, 6.07) is 48.4. The second-order valence-corrected chi connectivity index (χ2v) is 11.8. The summed E-state index contributed by atoms with van der Waals surface area (Å²) in [6.45, 7) is 0. The quantitative estimate of drug-likeness (QED) is 0.170. The molecule has 0 radical (unpaired) electrons. The van der Waals surface area contributed by atoms with E-state index in [0.717, 1.165) is 8.95 Å². The van der Waals surface area contributed by atoms with Crippen LogP contribution in [0.2, 0.25) is 0 Å². The molecular formula is C37H24Br2. The van der Waals surface area contributed by atoms with Crippen molar-refractivity contribution in [3.8, 4) is 11.1 Å². The minimum atomic E-state index is -0.443. The average molecular weight is 628 g/mol. The first kappa shape index (κ1) is 24.3. The standard InChI is InChI=1S/C37H24Br2/c38-29-20-17-25(18-21-29)15-16-26-19-22-32-33(23-26)37(27-9-3-1-4-10-27,28-11-5-2-6-12-28)34-24-35(39)30-13-7-8-14-31(30)36(32)34/h1-24H/b16-15+. The third-order valence-electron chi connectivity index (χ3n) is 7.87. The molecule has 0 spiro atoms. The molecule has 0 amide bonds. The van der Waals surface area contributed by atoms with Crippen molar-refractivity contribution < 1.29 is 0 Å². The first-order valence-electron chi connectivity index (χ1n) is 13.1. The van der Waals surface area contributed by atoms with Gasteiger partial charge in [0.25, 0.3) is 0 Å². The Kier molecular flexibility index (Phi) is 6.11. The van der Waals surface area contributed by atoms with Crippen LogP contribution in [0, 0.1) is 0 Å². The van der Waals surface area contributed by atoms with Crippen molar-refractivity contribution in [2.24, 2.45) is 0 Å². The van der Waals surface area contributed by atoms with Gasteiger partial charge >= 0.3 is 0 Å². The van der Waals surface area contributed by atoms with E-state index in [4.69, 9.17) is 0 Å². The smallest absolute Gasteiger partial charge is 0.0622 e. The fraction of sp³-hybridized carbons (Fsp3) is 0.0270. The van der Waals surface area contributed by atoms with Crippen LogP contribution in [0.25, 0.3) is 34.1 Å². The Hall–Kier alpha value is -3.72. The highest BCUT2D eigenvalue weighted by molar-refractivity contribution is 9.11. The lowest BCUT2D eigenvalue weighted by Gasteiger charge is -2.34. The zero-order chi connectivity index (χ0) is 26.4. The van der Waals surface area contributed by atoms with Crippen LogP contribution < -0.4 is 0 Å². The molecule has 2 heteroatoms. The van der Waals surface area contributed by atoms with Crippen molar-refractivity contribution in [2.45, 2.75) is 5.41 Å². The highest BCUT2D eigenvalue weighted by Crippen LogP contribution is 2.58. The zero-order valence-electron chi connectivity index (χ0n) is 21.1. The Balaban J connectivity index is 1.56. The predicted octanol–water partition coefficient (Wildman–Crippen LogP) is 10.9. The van der Waals surface area contributed by atoms with Gasteiger partial charge in [-0.25, -0.2) is 0 Å². The molecule has 7 rings (SSSR count). The highest BCUT2D eigenvalue weighted by Gasteiger charge is 2.47. The molecule has 0 atom stereocenters. The molecule has 0 bridgehead atoms. The van der Waals surface area contributed by atoms with Crippen LogP contribution >= 0.6 is 31.9 Å². The molecule has 0 aromatic heterocycles. The van der Waals surface area contributed by atoms with Crippen molar-refractivity contribution >= 4 is 54.8 Å². The summed E-state index contributed by atoms with van der Waals surface area (Å²) in [5, 5.41) is 2.51. The molecule has 0 heterocycles. The first-order chi connectivity index (χ1) is 19.2. The van der Waals surface area contributed by atoms with Crippen LogP contribution in [0.15, 0.2) is 142 Å². The summed E-state index contributed by atoms with van der Waals surface area (Å²) in [5.41, 5.74) is 9.70. The van der Waals surface area contributed by atoms with Crippen LogP contribution in [0.1, 0.15) is 33.4 Å². The molecule has 6 aromatic carbocycles. The molecule has 0 N–H and O–H groups in total. The van der Waals surface area contributed by atoms with Gasteiger partial charge in [0.2, 0.25) is 0 Å². The van der Waals surface area contributed by atoms with Crippen molar-refractivity contribution in [1.29, 1.82) is 0 Å². The molecule has 186 valence electrons. The Morgan fingerprint density at radius 1 is 0.487 bits per heavy atom. The zero-order valence-corrected chi connectivity index (χ0v) is 24.3. The largest absolute Gasteiger partial charge is 0.0714 e. The van der Waals surface area contributed by atoms with Crippen molar-refractivity contribution in [1.82, 2.24) is 0 Å². The normalized spacial score (nSPS) is 13.5. The third-order valence-corrected chi connectivity index (χ3v) is 9.05. The Morgan fingerprint density at radius 2 is 1.05 bits per heavy atom. The molecule has 39 heavy (non-hydrogen) atoms. The second kappa shape index (κ2) is 9.79. The van der Waals surface area contributed by atoms with E-state index in [9.17, 15) is 0 Å². The molecule has 0 saturated carbocycles. The van der Waals surface area contributed by atoms with E-state index >= 15 is 0 Å². The number of hydrogen-bond donors (Lipinski definition) is 0. The summed E-state index contributed by atoms with van der Waals surface area (Å²) < 4.78 is 2.21. The summed E-state index contributed by atoms with van der Waals surface area (Å²) in [7, 11) is 0. The molecule has 1 aliphatic carbocycles. The molecule has 0 nitrogen and oxygen atoms in total. The molecule has 0 saturated heterocycles. The van der Waals surface area contributed by atoms with Gasteiger partial charge in [-0.1, -0.05) is 153 Å². The minimum absolute atomic E-state index is 0.443. The lowest BCUT2D eigenvalue weighted by atomic mass is 9.67. The summed E-state index contributed by atoms with van der Waals surface area (Å²) in [6.07, 6.45) is 4.41. The highest BCUT2D eigenvalue weighted by atomic mass is 79.9. The summed E-state index contributed by atoms with van der Waals surface area (Å²) in [4.78, 5) is 0. The second-order valence-electron chi connectivity index (χ2n) is 10.00. The van der Waals surface area contributed by atoms with Crippen LogP contribution in [0.4, 0.5) is 0 Å². The van der Waals surface area contributed by atoms with Gasteiger partial charge in [0.15, 0.2) is 0 Å². The average Bonchev–Trinajstić information content (AvgIpc) is 3.28. The van der Waals surface area contributed by atoms with Gasteiger partial charge in [0.05, 0.1) is 5.41 Å². The van der Waals surface area contributed by atoms with Crippen LogP contribution in [-0.4, -0.2) is 0 Å². The van der Waals surface area contributed by atoms with Crippen molar-refractivity contribution in [3.05, 3.63) is 176 Å². The van der Waals surface area contributed by atoms with Crippen molar-refractivity contribution in [3.63, 3.8) is 0 Å². The van der Waals surface area contributed by atoms with Gasteiger partial charge in [0, 0.05) is 8.95 Å². The summed E-state index contributed by atoms with van der Waals surface area (Å²) >= 11 is 7.49. The SMILES string of the molecule is Brc1ccc(/C=C/c2ccc3c(c2)C(c2ccccc2)(c2ccccc2)c2cc(Br)c4ccccc4c2-3)cc1. The maximum absolute atomic E-state index is 3.95. The van der Waals surface area contributed by atoms with E-state index < -0.39 is 5.41 Å². The fourth-order valence-corrected chi connectivity index (χ4v) is 7.03. The first-order valence-corrected chi connectivity index (χ1v) is 14.7. The van der Waals surface area contributed by atoms with Gasteiger partial charge < -0.3 is 0 Å². The number of fused-ring (bicyclic) bond motifs is 5. The number of rotatable bonds is 4. The van der Waals surface area contributed by atoms with E-state index in [2.05, 4.69) is 177 Å². The molecule has 1 aliphatic rings. The van der Waals surface area contributed by atoms with E-state index in [0.29, 0.717) is 0 Å². The number of hydrogen-bond acceptors (Lipinski definition) is 0. The van der Waals surface area contributed by atoms with Crippen LogP contribution in [0.5, 0.6) is 0 Å². The lowest BCUT2D eigenvalue weighted by Crippen LogP contribution is -2.28. The number of halogens is 2. The van der Waals surface area contributed by atoms with Gasteiger partial charge in [-0.15, -0.1) is 0 Å².